The lowest BCUT2D eigenvalue weighted by molar-refractivity contribution is 1.06. The molecule has 250 valence electrons. The topological polar surface area (TPSA) is 96.1 Å². The van der Waals surface area contributed by atoms with Gasteiger partial charge in [-0.25, -0.2) is 15.0 Å². The van der Waals surface area contributed by atoms with Crippen molar-refractivity contribution < 1.29 is 0 Å². The first-order valence-electron chi connectivity index (χ1n) is 17.6. The molecule has 3 aromatic heterocycles. The van der Waals surface area contributed by atoms with Crippen LogP contribution in [0.2, 0.25) is 0 Å². The molecule has 0 unspecified atom stereocenters. The maximum atomic E-state index is 10.1. The average molecular weight is 690 g/mol. The van der Waals surface area contributed by atoms with E-state index in [9.17, 15) is 10.5 Å². The molecule has 0 fully saturated rings. The number of rotatable bonds is 5. The fourth-order valence-electron chi connectivity index (χ4n) is 7.65. The van der Waals surface area contributed by atoms with Crippen LogP contribution in [0.3, 0.4) is 0 Å². The largest absolute Gasteiger partial charge is 0.308 e. The third kappa shape index (κ3) is 4.85. The number of hydrogen-bond acceptors (Lipinski definition) is 5. The Bertz CT molecular complexity index is 2890. The molecule has 0 atom stereocenters. The maximum absolute atomic E-state index is 10.1. The Labute approximate surface area is 309 Å². The fourth-order valence-corrected chi connectivity index (χ4v) is 7.65. The van der Waals surface area contributed by atoms with E-state index in [1.165, 1.54) is 0 Å². The van der Waals surface area contributed by atoms with Gasteiger partial charge < -0.3 is 9.13 Å². The van der Waals surface area contributed by atoms with Crippen LogP contribution in [-0.2, 0) is 0 Å². The third-order valence-corrected chi connectivity index (χ3v) is 10.0. The number of benzene rings is 7. The van der Waals surface area contributed by atoms with Gasteiger partial charge in [-0.3, -0.25) is 0 Å². The first-order valence-corrected chi connectivity index (χ1v) is 17.6. The molecule has 7 heteroatoms. The second-order valence-corrected chi connectivity index (χ2v) is 13.1. The summed E-state index contributed by atoms with van der Waals surface area (Å²) in [5, 5.41) is 24.7. The molecule has 0 N–H and O–H groups in total. The zero-order valence-corrected chi connectivity index (χ0v) is 28.7. The van der Waals surface area contributed by atoms with Crippen molar-refractivity contribution in [1.29, 1.82) is 10.5 Å². The molecule has 10 aromatic rings. The zero-order valence-electron chi connectivity index (χ0n) is 28.7. The predicted octanol–water partition coefficient (Wildman–Crippen LogP) is 10.8. The molecule has 54 heavy (non-hydrogen) atoms. The maximum Gasteiger partial charge on any atom is 0.166 e. The van der Waals surface area contributed by atoms with Crippen LogP contribution in [0.15, 0.2) is 164 Å². The molecule has 0 aliphatic carbocycles. The minimum absolute atomic E-state index is 0.456. The van der Waals surface area contributed by atoms with E-state index in [1.54, 1.807) is 0 Å². The SMILES string of the molecule is N#Cc1ccc(-c2nc(-c3ccccc3)nc(-c3ccc(C#N)cc3-n3c4ccccc4c4ccccc43)n2)c(-n2c3ccccc3c3ccccc32)c1. The quantitative estimate of drug-likeness (QED) is 0.179. The summed E-state index contributed by atoms with van der Waals surface area (Å²) in [5.41, 5.74) is 8.96. The average Bonchev–Trinajstić information content (AvgIpc) is 3.76. The van der Waals surface area contributed by atoms with E-state index in [4.69, 9.17) is 15.0 Å². The highest BCUT2D eigenvalue weighted by atomic mass is 15.1. The highest BCUT2D eigenvalue weighted by Crippen LogP contribution is 2.39. The molecule has 0 amide bonds. The summed E-state index contributed by atoms with van der Waals surface area (Å²) in [7, 11) is 0. The van der Waals surface area contributed by atoms with Gasteiger partial charge >= 0.3 is 0 Å². The first-order chi connectivity index (χ1) is 26.7. The van der Waals surface area contributed by atoms with E-state index in [0.717, 1.165) is 71.7 Å². The van der Waals surface area contributed by atoms with E-state index in [2.05, 4.69) is 69.8 Å². The Hall–Kier alpha value is -7.87. The highest BCUT2D eigenvalue weighted by Gasteiger charge is 2.22. The van der Waals surface area contributed by atoms with Gasteiger partial charge in [-0.15, -0.1) is 0 Å². The minimum atomic E-state index is 0.456. The van der Waals surface area contributed by atoms with Gasteiger partial charge in [-0.05, 0) is 60.7 Å². The normalized spacial score (nSPS) is 11.3. The van der Waals surface area contributed by atoms with Crippen molar-refractivity contribution in [3.05, 3.63) is 175 Å². The molecule has 10 rings (SSSR count). The monoisotopic (exact) mass is 689 g/mol. The summed E-state index contributed by atoms with van der Waals surface area (Å²) in [5.74, 6) is 1.42. The first kappa shape index (κ1) is 30.9. The second-order valence-electron chi connectivity index (χ2n) is 13.1. The van der Waals surface area contributed by atoms with Gasteiger partial charge in [0.05, 0.1) is 56.7 Å². The lowest BCUT2D eigenvalue weighted by atomic mass is 10.1. The molecule has 3 heterocycles. The van der Waals surface area contributed by atoms with Gasteiger partial charge in [0.2, 0.25) is 0 Å². The molecule has 0 aliphatic rings. The van der Waals surface area contributed by atoms with E-state index < -0.39 is 0 Å². The lowest BCUT2D eigenvalue weighted by Gasteiger charge is -2.17. The summed E-state index contributed by atoms with van der Waals surface area (Å²) < 4.78 is 4.38. The predicted molar refractivity (Wildman–Crippen MR) is 214 cm³/mol. The molecule has 7 nitrogen and oxygen atoms in total. The van der Waals surface area contributed by atoms with Gasteiger partial charge in [0.15, 0.2) is 17.5 Å². The van der Waals surface area contributed by atoms with Crippen molar-refractivity contribution in [3.63, 3.8) is 0 Å². The zero-order chi connectivity index (χ0) is 36.2. The number of para-hydroxylation sites is 4. The second kappa shape index (κ2) is 12.4. The molecule has 0 saturated heterocycles. The number of hydrogen-bond donors (Lipinski definition) is 0. The smallest absolute Gasteiger partial charge is 0.166 e. The van der Waals surface area contributed by atoms with Gasteiger partial charge in [0, 0.05) is 38.2 Å². The van der Waals surface area contributed by atoms with Crippen LogP contribution in [0.1, 0.15) is 11.1 Å². The van der Waals surface area contributed by atoms with Crippen molar-refractivity contribution >= 4 is 43.6 Å². The van der Waals surface area contributed by atoms with E-state index in [1.807, 2.05) is 115 Å². The summed E-state index contributed by atoms with van der Waals surface area (Å²) >= 11 is 0. The van der Waals surface area contributed by atoms with Crippen LogP contribution in [-0.4, -0.2) is 24.1 Å². The summed E-state index contributed by atoms with van der Waals surface area (Å²) in [6.45, 7) is 0. The number of nitrogens with zero attached hydrogens (tertiary/aromatic N) is 7. The van der Waals surface area contributed by atoms with Crippen LogP contribution in [0.5, 0.6) is 0 Å². The van der Waals surface area contributed by atoms with E-state index in [-0.39, 0.29) is 0 Å². The molecule has 0 bridgehead atoms. The Kier molecular flexibility index (Phi) is 7.11. The molecule has 0 radical (unpaired) electrons. The van der Waals surface area contributed by atoms with Crippen molar-refractivity contribution in [2.75, 3.05) is 0 Å². The van der Waals surface area contributed by atoms with Crippen LogP contribution in [0.4, 0.5) is 0 Å². The standard InChI is InChI=1S/C47H27N7/c48-28-30-22-24-37(43(26-30)53-39-18-8-4-14-33(39)34-15-5-9-19-40(34)53)46-50-45(32-12-2-1-3-13-32)51-47(52-46)38-25-23-31(29-49)27-44(38)54-41-20-10-6-16-35(41)36-17-7-11-21-42(36)54/h1-27H. The van der Waals surface area contributed by atoms with Crippen LogP contribution < -0.4 is 0 Å². The lowest BCUT2D eigenvalue weighted by Crippen LogP contribution is -2.06. The summed E-state index contributed by atoms with van der Waals surface area (Å²) in [6.07, 6.45) is 0. The Morgan fingerprint density at radius 2 is 0.722 bits per heavy atom. The van der Waals surface area contributed by atoms with E-state index >= 15 is 0 Å². The molecule has 7 aromatic carbocycles. The van der Waals surface area contributed by atoms with Crippen LogP contribution >= 0.6 is 0 Å². The van der Waals surface area contributed by atoms with Gasteiger partial charge in [0.25, 0.3) is 0 Å². The molecule has 0 saturated carbocycles. The van der Waals surface area contributed by atoms with E-state index in [0.29, 0.717) is 28.6 Å². The van der Waals surface area contributed by atoms with Crippen molar-refractivity contribution in [2.24, 2.45) is 0 Å². The fraction of sp³-hybridized carbons (Fsp3) is 0. The number of aromatic nitrogens is 5. The third-order valence-electron chi connectivity index (χ3n) is 10.0. The molecular weight excluding hydrogens is 663 g/mol. The van der Waals surface area contributed by atoms with Gasteiger partial charge in [-0.2, -0.15) is 10.5 Å². The highest BCUT2D eigenvalue weighted by molar-refractivity contribution is 6.10. The molecule has 0 spiro atoms. The minimum Gasteiger partial charge on any atom is -0.308 e. The van der Waals surface area contributed by atoms with Gasteiger partial charge in [-0.1, -0.05) is 103 Å². The van der Waals surface area contributed by atoms with Crippen molar-refractivity contribution in [2.45, 2.75) is 0 Å². The van der Waals surface area contributed by atoms with Crippen molar-refractivity contribution in [1.82, 2.24) is 24.1 Å². The Morgan fingerprint density at radius 1 is 0.370 bits per heavy atom. The van der Waals surface area contributed by atoms with Crippen molar-refractivity contribution in [3.8, 4) is 57.7 Å². The number of nitriles is 2. The summed E-state index contributed by atoms with van der Waals surface area (Å²) in [4.78, 5) is 15.5. The molecular formula is C47H27N7. The van der Waals surface area contributed by atoms with Crippen LogP contribution in [0.25, 0.3) is 89.2 Å². The molecule has 0 aliphatic heterocycles. The number of fused-ring (bicyclic) bond motifs is 6. The van der Waals surface area contributed by atoms with Gasteiger partial charge in [0.1, 0.15) is 0 Å². The summed E-state index contributed by atoms with van der Waals surface area (Å²) in [6, 6.07) is 59.0. The van der Waals surface area contributed by atoms with Crippen LogP contribution in [0, 0.1) is 22.7 Å². The Morgan fingerprint density at radius 3 is 1.11 bits per heavy atom. The Balaban J connectivity index is 1.29.